The molecule has 0 unspecified atom stereocenters. The summed E-state index contributed by atoms with van der Waals surface area (Å²) in [6.45, 7) is 4.19. The van der Waals surface area contributed by atoms with Gasteiger partial charge in [0, 0.05) is 6.54 Å². The number of aliphatic imine (C=N–C) groups is 1. The highest BCUT2D eigenvalue weighted by Crippen LogP contribution is 2.14. The first-order valence-corrected chi connectivity index (χ1v) is 9.42. The summed E-state index contributed by atoms with van der Waals surface area (Å²) in [5.74, 6) is -0.848. The molecule has 0 aliphatic heterocycles. The number of carbonyl (C=O) groups is 3. The van der Waals surface area contributed by atoms with Crippen LogP contribution in [0.2, 0.25) is 0 Å². The summed E-state index contributed by atoms with van der Waals surface area (Å²) in [5.41, 5.74) is 17.4. The van der Waals surface area contributed by atoms with E-state index in [1.54, 1.807) is 12.1 Å². The first-order valence-electron chi connectivity index (χ1n) is 9.42. The molecule has 0 aliphatic carbocycles. The van der Waals surface area contributed by atoms with Gasteiger partial charge in [-0.05, 0) is 30.7 Å². The molecule has 0 radical (unpaired) electrons. The molecule has 2 atom stereocenters. The summed E-state index contributed by atoms with van der Waals surface area (Å²) in [6, 6.07) is 7.30. The Morgan fingerprint density at radius 2 is 1.82 bits per heavy atom. The molecule has 8 nitrogen and oxygen atoms in total. The molecule has 0 heterocycles. The van der Waals surface area contributed by atoms with Gasteiger partial charge in [0.2, 0.25) is 11.8 Å². The Bertz CT molecular complexity index is 672. The minimum absolute atomic E-state index is 0.0131. The fourth-order valence-corrected chi connectivity index (χ4v) is 2.88. The van der Waals surface area contributed by atoms with Crippen molar-refractivity contribution >= 4 is 24.1 Å². The van der Waals surface area contributed by atoms with Crippen molar-refractivity contribution in [3.05, 3.63) is 35.9 Å². The number of amides is 2. The summed E-state index contributed by atoms with van der Waals surface area (Å²) in [4.78, 5) is 42.4. The lowest BCUT2D eigenvalue weighted by Crippen LogP contribution is -2.53. The minimum atomic E-state index is -0.906. The van der Waals surface area contributed by atoms with E-state index in [0.717, 1.165) is 10.5 Å². The van der Waals surface area contributed by atoms with Crippen molar-refractivity contribution in [2.75, 3.05) is 6.54 Å². The van der Waals surface area contributed by atoms with Crippen LogP contribution in [0.1, 0.15) is 38.7 Å². The standard InChI is InChI=1S/C20H31N5O3/c1-14(2)11-17(21)19(28)25(16(13-26)9-6-10-24-20(22)23)18(27)12-15-7-4-3-5-8-15/h3-5,7-8,13-14,16-17H,6,9-12,21H2,1-2H3,(H4,22,23,24)/t16-,17-/m0/s1. The molecule has 28 heavy (non-hydrogen) atoms. The zero-order valence-corrected chi connectivity index (χ0v) is 16.6. The summed E-state index contributed by atoms with van der Waals surface area (Å²) in [6.07, 6.45) is 1.76. The van der Waals surface area contributed by atoms with E-state index in [2.05, 4.69) is 4.99 Å². The number of hydrogen-bond donors (Lipinski definition) is 3. The monoisotopic (exact) mass is 389 g/mol. The maximum atomic E-state index is 12.9. The normalized spacial score (nSPS) is 12.9. The smallest absolute Gasteiger partial charge is 0.246 e. The van der Waals surface area contributed by atoms with Crippen LogP contribution in [-0.2, 0) is 20.8 Å². The lowest BCUT2D eigenvalue weighted by atomic mass is 10.0. The quantitative estimate of drug-likeness (QED) is 0.218. The number of aldehydes is 1. The van der Waals surface area contributed by atoms with Crippen molar-refractivity contribution in [1.82, 2.24) is 4.90 Å². The highest BCUT2D eigenvalue weighted by atomic mass is 16.2. The van der Waals surface area contributed by atoms with Gasteiger partial charge < -0.3 is 22.0 Å². The lowest BCUT2D eigenvalue weighted by Gasteiger charge is -2.29. The Morgan fingerprint density at radius 3 is 2.36 bits per heavy atom. The summed E-state index contributed by atoms with van der Waals surface area (Å²) >= 11 is 0. The maximum absolute atomic E-state index is 12.9. The van der Waals surface area contributed by atoms with E-state index in [9.17, 15) is 14.4 Å². The van der Waals surface area contributed by atoms with Gasteiger partial charge in [-0.1, -0.05) is 44.2 Å². The average molecular weight is 390 g/mol. The first-order chi connectivity index (χ1) is 13.3. The molecule has 1 aromatic carbocycles. The zero-order chi connectivity index (χ0) is 21.1. The lowest BCUT2D eigenvalue weighted by molar-refractivity contribution is -0.150. The molecule has 2 amide bonds. The number of carbonyl (C=O) groups excluding carboxylic acids is 3. The number of rotatable bonds is 11. The molecular formula is C20H31N5O3. The number of imide groups is 1. The molecule has 0 saturated heterocycles. The van der Waals surface area contributed by atoms with Crippen molar-refractivity contribution in [2.24, 2.45) is 28.1 Å². The largest absolute Gasteiger partial charge is 0.370 e. The van der Waals surface area contributed by atoms with Crippen LogP contribution in [0.3, 0.4) is 0 Å². The van der Waals surface area contributed by atoms with Crippen LogP contribution in [0, 0.1) is 5.92 Å². The molecule has 0 spiro atoms. The fraction of sp³-hybridized carbons (Fsp3) is 0.500. The number of nitrogens with two attached hydrogens (primary N) is 3. The predicted octanol–water partition coefficient (Wildman–Crippen LogP) is 0.579. The topological polar surface area (TPSA) is 145 Å². The number of nitrogens with zero attached hydrogens (tertiary/aromatic N) is 2. The van der Waals surface area contributed by atoms with Crippen molar-refractivity contribution in [3.8, 4) is 0 Å². The van der Waals surface area contributed by atoms with E-state index >= 15 is 0 Å². The molecular weight excluding hydrogens is 358 g/mol. The Kier molecular flexibility index (Phi) is 9.87. The first kappa shape index (κ1) is 23.3. The fourth-order valence-electron chi connectivity index (χ4n) is 2.88. The van der Waals surface area contributed by atoms with Crippen molar-refractivity contribution in [1.29, 1.82) is 0 Å². The highest BCUT2D eigenvalue weighted by Gasteiger charge is 2.32. The van der Waals surface area contributed by atoms with Crippen LogP contribution in [0.4, 0.5) is 0 Å². The Hall–Kier alpha value is -2.74. The van der Waals surface area contributed by atoms with Crippen LogP contribution < -0.4 is 17.2 Å². The molecule has 0 aliphatic rings. The van der Waals surface area contributed by atoms with E-state index in [0.29, 0.717) is 25.7 Å². The average Bonchev–Trinajstić information content (AvgIpc) is 2.63. The predicted molar refractivity (Wildman–Crippen MR) is 109 cm³/mol. The number of hydrogen-bond acceptors (Lipinski definition) is 5. The highest BCUT2D eigenvalue weighted by molar-refractivity contribution is 6.00. The van der Waals surface area contributed by atoms with Crippen LogP contribution >= 0.6 is 0 Å². The van der Waals surface area contributed by atoms with E-state index in [-0.39, 0.29) is 24.7 Å². The molecule has 0 bridgehead atoms. The molecule has 8 heteroatoms. The zero-order valence-electron chi connectivity index (χ0n) is 16.6. The summed E-state index contributed by atoms with van der Waals surface area (Å²) < 4.78 is 0. The van der Waals surface area contributed by atoms with E-state index < -0.39 is 23.9 Å². The van der Waals surface area contributed by atoms with Gasteiger partial charge in [-0.25, -0.2) is 0 Å². The second-order valence-corrected chi connectivity index (χ2v) is 7.15. The Labute approximate surface area is 166 Å². The molecule has 0 saturated carbocycles. The van der Waals surface area contributed by atoms with Crippen LogP contribution in [0.15, 0.2) is 35.3 Å². The van der Waals surface area contributed by atoms with Crippen molar-refractivity contribution in [3.63, 3.8) is 0 Å². The van der Waals surface area contributed by atoms with Gasteiger partial charge >= 0.3 is 0 Å². The third-order valence-corrected chi connectivity index (χ3v) is 4.19. The number of guanidine groups is 1. The molecule has 0 fully saturated rings. The van der Waals surface area contributed by atoms with Gasteiger partial charge in [0.05, 0.1) is 18.5 Å². The van der Waals surface area contributed by atoms with Gasteiger partial charge in [0.15, 0.2) is 5.96 Å². The minimum Gasteiger partial charge on any atom is -0.370 e. The Morgan fingerprint density at radius 1 is 1.18 bits per heavy atom. The van der Waals surface area contributed by atoms with Crippen LogP contribution in [-0.4, -0.2) is 47.6 Å². The Balaban J connectivity index is 2.99. The van der Waals surface area contributed by atoms with Crippen molar-refractivity contribution in [2.45, 2.75) is 51.6 Å². The van der Waals surface area contributed by atoms with Gasteiger partial charge in [0.1, 0.15) is 6.29 Å². The van der Waals surface area contributed by atoms with Crippen molar-refractivity contribution < 1.29 is 14.4 Å². The second kappa shape index (κ2) is 11.9. The molecule has 154 valence electrons. The van der Waals surface area contributed by atoms with E-state index in [1.807, 2.05) is 32.0 Å². The summed E-state index contributed by atoms with van der Waals surface area (Å²) in [5, 5.41) is 0. The summed E-state index contributed by atoms with van der Waals surface area (Å²) in [7, 11) is 0. The molecule has 1 aromatic rings. The molecule has 0 aromatic heterocycles. The van der Waals surface area contributed by atoms with Gasteiger partial charge in [-0.15, -0.1) is 0 Å². The molecule has 6 N–H and O–H groups in total. The van der Waals surface area contributed by atoms with Gasteiger partial charge in [-0.2, -0.15) is 0 Å². The SMILES string of the molecule is CC(C)C[C@H](N)C(=O)N(C(=O)Cc1ccccc1)[C@H](C=O)CCCN=C(N)N. The third kappa shape index (κ3) is 7.87. The van der Waals surface area contributed by atoms with E-state index in [1.165, 1.54) is 0 Å². The third-order valence-electron chi connectivity index (χ3n) is 4.19. The molecule has 1 rings (SSSR count). The van der Waals surface area contributed by atoms with Crippen LogP contribution in [0.5, 0.6) is 0 Å². The maximum Gasteiger partial charge on any atom is 0.246 e. The van der Waals surface area contributed by atoms with Gasteiger partial charge in [-0.3, -0.25) is 19.5 Å². The van der Waals surface area contributed by atoms with Crippen LogP contribution in [0.25, 0.3) is 0 Å². The van der Waals surface area contributed by atoms with E-state index in [4.69, 9.17) is 17.2 Å². The second-order valence-electron chi connectivity index (χ2n) is 7.15. The number of benzene rings is 1. The van der Waals surface area contributed by atoms with Gasteiger partial charge in [0.25, 0.3) is 0 Å².